The fourth-order valence-electron chi connectivity index (χ4n) is 1.72. The number of benzene rings is 1. The van der Waals surface area contributed by atoms with Gasteiger partial charge in [-0.2, -0.15) is 0 Å². The Morgan fingerprint density at radius 2 is 1.88 bits per heavy atom. The molecule has 5 heteroatoms. The van der Waals surface area contributed by atoms with Gasteiger partial charge >= 0.3 is 5.97 Å². The Bertz CT molecular complexity index is 371. The predicted octanol–water partition coefficient (Wildman–Crippen LogP) is 2.19. The van der Waals surface area contributed by atoms with Crippen LogP contribution >= 0.6 is 9.47 Å². The Morgan fingerprint density at radius 1 is 1.24 bits per heavy atom. The van der Waals surface area contributed by atoms with E-state index < -0.39 is 0 Å². The van der Waals surface area contributed by atoms with Gasteiger partial charge in [-0.15, -0.1) is 0 Å². The maximum Gasteiger partial charge on any atom is 0.340 e. The highest BCUT2D eigenvalue weighted by Gasteiger charge is 2.15. The van der Waals surface area contributed by atoms with Gasteiger partial charge in [0, 0.05) is 12.8 Å². The molecule has 1 atom stereocenters. The maximum absolute atomic E-state index is 11.2. The molecule has 1 aromatic carbocycles. The van der Waals surface area contributed by atoms with Crippen molar-refractivity contribution in [3.05, 3.63) is 29.8 Å². The summed E-state index contributed by atoms with van der Waals surface area (Å²) >= 11 is 0. The highest BCUT2D eigenvalue weighted by Crippen LogP contribution is 2.19. The van der Waals surface area contributed by atoms with E-state index in [1.807, 2.05) is 9.47 Å². The average molecular weight is 254 g/mol. The molecule has 1 heterocycles. The third kappa shape index (κ3) is 3.42. The molecule has 4 nitrogen and oxygen atoms in total. The van der Waals surface area contributed by atoms with Gasteiger partial charge in [0.05, 0.1) is 28.2 Å². The molecule has 1 aromatic rings. The molecular formula is C12H15O4P. The van der Waals surface area contributed by atoms with Gasteiger partial charge in [-0.25, -0.2) is 4.79 Å². The maximum atomic E-state index is 11.2. The molecule has 2 rings (SSSR count). The monoisotopic (exact) mass is 254 g/mol. The first-order valence-electron chi connectivity index (χ1n) is 5.55. The van der Waals surface area contributed by atoms with Crippen molar-refractivity contribution in [2.45, 2.75) is 18.9 Å². The van der Waals surface area contributed by atoms with Crippen LogP contribution in [0.5, 0.6) is 5.75 Å². The Hall–Kier alpha value is -1.12. The topological polar surface area (TPSA) is 44.8 Å². The van der Waals surface area contributed by atoms with Crippen molar-refractivity contribution in [3.8, 4) is 5.75 Å². The molecule has 1 saturated heterocycles. The lowest BCUT2D eigenvalue weighted by Crippen LogP contribution is -2.25. The van der Waals surface area contributed by atoms with Crippen LogP contribution in [0.2, 0.25) is 0 Å². The normalized spacial score (nSPS) is 16.5. The van der Waals surface area contributed by atoms with Crippen LogP contribution in [0.15, 0.2) is 24.3 Å². The minimum absolute atomic E-state index is 0.211. The zero-order valence-electron chi connectivity index (χ0n) is 9.43. The minimum atomic E-state index is -0.368. The molecule has 17 heavy (non-hydrogen) atoms. The van der Waals surface area contributed by atoms with Crippen LogP contribution in [-0.4, -0.2) is 25.3 Å². The number of hydrogen-bond acceptors (Lipinski definition) is 4. The largest absolute Gasteiger partial charge is 0.490 e. The summed E-state index contributed by atoms with van der Waals surface area (Å²) in [5.74, 6) is 0.407. The first-order valence-corrected chi connectivity index (χ1v) is 6.02. The smallest absolute Gasteiger partial charge is 0.340 e. The lowest BCUT2D eigenvalue weighted by Gasteiger charge is -2.23. The van der Waals surface area contributed by atoms with Crippen molar-refractivity contribution >= 4 is 15.4 Å². The third-order valence-electron chi connectivity index (χ3n) is 2.67. The van der Waals surface area contributed by atoms with Crippen molar-refractivity contribution in [1.29, 1.82) is 0 Å². The van der Waals surface area contributed by atoms with Crippen LogP contribution in [0, 0.1) is 0 Å². The van der Waals surface area contributed by atoms with Gasteiger partial charge in [0.1, 0.15) is 11.9 Å². The van der Waals surface area contributed by atoms with Crippen molar-refractivity contribution in [3.63, 3.8) is 0 Å². The van der Waals surface area contributed by atoms with E-state index in [9.17, 15) is 4.79 Å². The van der Waals surface area contributed by atoms with Gasteiger partial charge < -0.3 is 14.0 Å². The zero-order chi connectivity index (χ0) is 12.1. The fourth-order valence-corrected chi connectivity index (χ4v) is 1.86. The van der Waals surface area contributed by atoms with E-state index in [0.717, 1.165) is 31.8 Å². The molecule has 1 aliphatic heterocycles. The van der Waals surface area contributed by atoms with Crippen molar-refractivity contribution < 1.29 is 18.8 Å². The highest BCUT2D eigenvalue weighted by molar-refractivity contribution is 7.10. The Morgan fingerprint density at radius 3 is 2.47 bits per heavy atom. The highest BCUT2D eigenvalue weighted by atomic mass is 31.0. The molecule has 1 unspecified atom stereocenters. The number of carbonyl (C=O) groups is 1. The Kier molecular flexibility index (Phi) is 4.35. The molecular weight excluding hydrogens is 239 g/mol. The van der Waals surface area contributed by atoms with Gasteiger partial charge in [0.15, 0.2) is 0 Å². The number of carbonyl (C=O) groups excluding carboxylic acids is 1. The summed E-state index contributed by atoms with van der Waals surface area (Å²) in [6.45, 7) is 1.50. The SMILES string of the molecule is O=C(OP)c1ccc(OC2CCOCC2)cc1. The third-order valence-corrected chi connectivity index (χ3v) is 2.88. The molecule has 0 saturated carbocycles. The van der Waals surface area contributed by atoms with Crippen LogP contribution in [0.4, 0.5) is 0 Å². The summed E-state index contributed by atoms with van der Waals surface area (Å²) in [6, 6.07) is 6.96. The summed E-state index contributed by atoms with van der Waals surface area (Å²) in [7, 11) is 1.94. The first kappa shape index (κ1) is 12.3. The number of rotatable bonds is 3. The lowest BCUT2D eigenvalue weighted by molar-refractivity contribution is 0.0256. The fraction of sp³-hybridized carbons (Fsp3) is 0.417. The summed E-state index contributed by atoms with van der Waals surface area (Å²) in [6.07, 6.45) is 2.04. The molecule has 0 spiro atoms. The van der Waals surface area contributed by atoms with E-state index in [1.165, 1.54) is 0 Å². The molecule has 0 N–H and O–H groups in total. The van der Waals surface area contributed by atoms with Crippen LogP contribution < -0.4 is 4.74 Å². The summed E-state index contributed by atoms with van der Waals surface area (Å²) in [5, 5.41) is 0. The second-order valence-corrected chi connectivity index (χ2v) is 4.09. The Labute approximate surface area is 103 Å². The standard InChI is InChI=1S/C12H15O4P/c13-12(16-17)9-1-3-10(4-2-9)15-11-5-7-14-8-6-11/h1-4,11H,5-8,17H2. The molecule has 0 aliphatic carbocycles. The molecule has 92 valence electrons. The summed E-state index contributed by atoms with van der Waals surface area (Å²) in [5.41, 5.74) is 0.513. The molecule has 0 radical (unpaired) electrons. The predicted molar refractivity (Wildman–Crippen MR) is 66.0 cm³/mol. The van der Waals surface area contributed by atoms with Crippen molar-refractivity contribution in [2.24, 2.45) is 0 Å². The molecule has 0 amide bonds. The first-order chi connectivity index (χ1) is 8.29. The second-order valence-electron chi connectivity index (χ2n) is 3.86. The average Bonchev–Trinajstić information content (AvgIpc) is 2.40. The van der Waals surface area contributed by atoms with E-state index in [2.05, 4.69) is 4.52 Å². The second kappa shape index (κ2) is 5.99. The van der Waals surface area contributed by atoms with Crippen LogP contribution in [0.3, 0.4) is 0 Å². The number of ether oxygens (including phenoxy) is 2. The van der Waals surface area contributed by atoms with Gasteiger partial charge in [-0.3, -0.25) is 0 Å². The summed E-state index contributed by atoms with van der Waals surface area (Å²) in [4.78, 5) is 11.2. The van der Waals surface area contributed by atoms with Crippen LogP contribution in [0.25, 0.3) is 0 Å². The lowest BCUT2D eigenvalue weighted by atomic mass is 10.1. The van der Waals surface area contributed by atoms with Gasteiger partial charge in [-0.05, 0) is 24.3 Å². The molecule has 0 aromatic heterocycles. The van der Waals surface area contributed by atoms with Crippen molar-refractivity contribution in [1.82, 2.24) is 0 Å². The van der Waals surface area contributed by atoms with E-state index in [-0.39, 0.29) is 12.1 Å². The van der Waals surface area contributed by atoms with Gasteiger partial charge in [-0.1, -0.05) is 0 Å². The van der Waals surface area contributed by atoms with E-state index in [4.69, 9.17) is 9.47 Å². The number of hydrogen-bond donors (Lipinski definition) is 0. The van der Waals surface area contributed by atoms with Crippen LogP contribution in [-0.2, 0) is 9.26 Å². The minimum Gasteiger partial charge on any atom is -0.490 e. The van der Waals surface area contributed by atoms with Crippen molar-refractivity contribution in [2.75, 3.05) is 13.2 Å². The van der Waals surface area contributed by atoms with E-state index in [1.54, 1.807) is 24.3 Å². The quantitative estimate of drug-likeness (QED) is 0.776. The van der Waals surface area contributed by atoms with E-state index >= 15 is 0 Å². The van der Waals surface area contributed by atoms with E-state index in [0.29, 0.717) is 5.56 Å². The van der Waals surface area contributed by atoms with Gasteiger partial charge in [0.2, 0.25) is 0 Å². The van der Waals surface area contributed by atoms with Crippen LogP contribution in [0.1, 0.15) is 23.2 Å². The Balaban J connectivity index is 1.95. The molecule has 1 fully saturated rings. The summed E-state index contributed by atoms with van der Waals surface area (Å²) < 4.78 is 15.6. The molecule has 1 aliphatic rings. The van der Waals surface area contributed by atoms with Gasteiger partial charge in [0.25, 0.3) is 0 Å². The zero-order valence-corrected chi connectivity index (χ0v) is 10.6. The molecule has 0 bridgehead atoms.